The summed E-state index contributed by atoms with van der Waals surface area (Å²) in [6.07, 6.45) is -1.33. The topological polar surface area (TPSA) is 56.7 Å². The Morgan fingerprint density at radius 3 is 2.63 bits per heavy atom. The molecule has 1 saturated carbocycles. The summed E-state index contributed by atoms with van der Waals surface area (Å²) < 4.78 is 40.9. The first-order valence-corrected chi connectivity index (χ1v) is 6.01. The Bertz CT molecular complexity index is 625. The van der Waals surface area contributed by atoms with Gasteiger partial charge >= 0.3 is 6.18 Å². The van der Waals surface area contributed by atoms with Crippen LogP contribution in [0.2, 0.25) is 0 Å². The van der Waals surface area contributed by atoms with Crippen molar-refractivity contribution in [2.24, 2.45) is 5.73 Å². The lowest BCUT2D eigenvalue weighted by Crippen LogP contribution is -2.49. The van der Waals surface area contributed by atoms with Gasteiger partial charge in [-0.1, -0.05) is 0 Å². The molecule has 2 aromatic rings. The molecule has 4 nitrogen and oxygen atoms in total. The van der Waals surface area contributed by atoms with Gasteiger partial charge in [0.15, 0.2) is 11.2 Å². The second-order valence-corrected chi connectivity index (χ2v) is 5.08. The molecule has 0 saturated heterocycles. The minimum absolute atomic E-state index is 0.0279. The first-order chi connectivity index (χ1) is 8.82. The number of aromatic nitrogens is 3. The van der Waals surface area contributed by atoms with E-state index in [4.69, 9.17) is 5.73 Å². The zero-order valence-electron chi connectivity index (χ0n) is 10.3. The lowest BCUT2D eigenvalue weighted by atomic mass is 10.0. The van der Waals surface area contributed by atoms with Crippen molar-refractivity contribution in [2.45, 2.75) is 37.5 Å². The summed E-state index contributed by atoms with van der Waals surface area (Å²) in [7, 11) is 0. The van der Waals surface area contributed by atoms with E-state index in [9.17, 15) is 13.2 Å². The third kappa shape index (κ3) is 1.80. The predicted molar refractivity (Wildman–Crippen MR) is 63.4 cm³/mol. The standard InChI is InChI=1S/C12H13F3N4/c1-11(16,12(13,14)15)10-18-8-3-2-6-17-9(8)19(10)7-4-5-7/h2-3,6-7H,4-5,16H2,1H3. The predicted octanol–water partition coefficient (Wildman–Crippen LogP) is 2.50. The molecule has 0 radical (unpaired) electrons. The van der Waals surface area contributed by atoms with E-state index >= 15 is 0 Å². The highest BCUT2D eigenvalue weighted by atomic mass is 19.4. The van der Waals surface area contributed by atoms with Gasteiger partial charge in [-0.25, -0.2) is 9.97 Å². The quantitative estimate of drug-likeness (QED) is 0.912. The van der Waals surface area contributed by atoms with E-state index < -0.39 is 11.7 Å². The highest BCUT2D eigenvalue weighted by molar-refractivity contribution is 5.72. The fourth-order valence-electron chi connectivity index (χ4n) is 2.10. The molecule has 19 heavy (non-hydrogen) atoms. The molecule has 0 amide bonds. The zero-order chi connectivity index (χ0) is 13.8. The molecule has 3 rings (SSSR count). The van der Waals surface area contributed by atoms with Crippen LogP contribution in [0.4, 0.5) is 13.2 Å². The van der Waals surface area contributed by atoms with E-state index in [0.29, 0.717) is 11.2 Å². The normalized spacial score (nSPS) is 19.6. The van der Waals surface area contributed by atoms with Gasteiger partial charge in [0.1, 0.15) is 11.3 Å². The van der Waals surface area contributed by atoms with Crippen LogP contribution in [-0.4, -0.2) is 20.7 Å². The Labute approximate surface area is 107 Å². The van der Waals surface area contributed by atoms with Crippen LogP contribution < -0.4 is 5.73 Å². The minimum atomic E-state index is -4.55. The molecule has 1 aliphatic carbocycles. The molecule has 0 aliphatic heterocycles. The van der Waals surface area contributed by atoms with Gasteiger partial charge in [0.25, 0.3) is 0 Å². The van der Waals surface area contributed by atoms with Crippen molar-refractivity contribution >= 4 is 11.2 Å². The summed E-state index contributed by atoms with van der Waals surface area (Å²) in [6, 6.07) is 3.33. The SMILES string of the molecule is CC(N)(c1nc2cccnc2n1C1CC1)C(F)(F)F. The zero-order valence-corrected chi connectivity index (χ0v) is 10.3. The molecule has 1 fully saturated rings. The molecule has 7 heteroatoms. The highest BCUT2D eigenvalue weighted by Crippen LogP contribution is 2.43. The smallest absolute Gasteiger partial charge is 0.312 e. The van der Waals surface area contributed by atoms with Crippen LogP contribution in [0.5, 0.6) is 0 Å². The molecule has 0 spiro atoms. The van der Waals surface area contributed by atoms with Gasteiger partial charge in [-0.2, -0.15) is 13.2 Å². The van der Waals surface area contributed by atoms with E-state index in [1.165, 1.54) is 0 Å². The molecule has 0 bridgehead atoms. The number of fused-ring (bicyclic) bond motifs is 1. The second kappa shape index (κ2) is 3.69. The Kier molecular flexibility index (Phi) is 2.41. The number of pyridine rings is 1. The average Bonchev–Trinajstić information content (AvgIpc) is 3.07. The molecular weight excluding hydrogens is 257 g/mol. The first-order valence-electron chi connectivity index (χ1n) is 6.01. The number of nitrogens with zero attached hydrogens (tertiary/aromatic N) is 3. The Hall–Kier alpha value is -1.63. The van der Waals surface area contributed by atoms with E-state index in [0.717, 1.165) is 19.8 Å². The monoisotopic (exact) mass is 270 g/mol. The van der Waals surface area contributed by atoms with Gasteiger partial charge in [0.2, 0.25) is 0 Å². The van der Waals surface area contributed by atoms with Crippen molar-refractivity contribution in [1.29, 1.82) is 0 Å². The Balaban J connectivity index is 2.26. The van der Waals surface area contributed by atoms with E-state index in [-0.39, 0.29) is 11.9 Å². The third-order valence-corrected chi connectivity index (χ3v) is 3.41. The van der Waals surface area contributed by atoms with Crippen LogP contribution in [0.1, 0.15) is 31.6 Å². The average molecular weight is 270 g/mol. The summed E-state index contributed by atoms with van der Waals surface area (Å²) in [5.74, 6) is -0.156. The van der Waals surface area contributed by atoms with Gasteiger partial charge in [-0.3, -0.25) is 0 Å². The Morgan fingerprint density at radius 2 is 2.05 bits per heavy atom. The maximum Gasteiger partial charge on any atom is 0.413 e. The van der Waals surface area contributed by atoms with Crippen molar-refractivity contribution in [3.63, 3.8) is 0 Å². The van der Waals surface area contributed by atoms with Crippen LogP contribution in [0.3, 0.4) is 0 Å². The van der Waals surface area contributed by atoms with Gasteiger partial charge < -0.3 is 10.3 Å². The van der Waals surface area contributed by atoms with E-state index in [1.807, 2.05) is 0 Å². The van der Waals surface area contributed by atoms with Gasteiger partial charge in [-0.15, -0.1) is 0 Å². The Morgan fingerprint density at radius 1 is 1.37 bits per heavy atom. The van der Waals surface area contributed by atoms with Crippen molar-refractivity contribution in [2.75, 3.05) is 0 Å². The van der Waals surface area contributed by atoms with Crippen LogP contribution in [0.15, 0.2) is 18.3 Å². The van der Waals surface area contributed by atoms with Gasteiger partial charge in [-0.05, 0) is 31.9 Å². The summed E-state index contributed by atoms with van der Waals surface area (Å²) in [5, 5.41) is 0. The van der Waals surface area contributed by atoms with Gasteiger partial charge in [0.05, 0.1) is 0 Å². The van der Waals surface area contributed by atoms with Gasteiger partial charge in [0, 0.05) is 12.2 Å². The van der Waals surface area contributed by atoms with Crippen molar-refractivity contribution in [3.05, 3.63) is 24.2 Å². The molecular formula is C12H13F3N4. The summed E-state index contributed by atoms with van der Waals surface area (Å²) in [4.78, 5) is 8.20. The fraction of sp³-hybridized carbons (Fsp3) is 0.500. The van der Waals surface area contributed by atoms with Crippen molar-refractivity contribution in [1.82, 2.24) is 14.5 Å². The first kappa shape index (κ1) is 12.4. The molecule has 0 aromatic carbocycles. The van der Waals surface area contributed by atoms with Crippen molar-refractivity contribution in [3.8, 4) is 0 Å². The van der Waals surface area contributed by atoms with E-state index in [1.54, 1.807) is 22.9 Å². The number of imidazole rings is 1. The summed E-state index contributed by atoms with van der Waals surface area (Å²) in [5.41, 5.74) is 3.96. The second-order valence-electron chi connectivity index (χ2n) is 5.08. The number of hydrogen-bond acceptors (Lipinski definition) is 3. The highest BCUT2D eigenvalue weighted by Gasteiger charge is 2.53. The number of halogens is 3. The lowest BCUT2D eigenvalue weighted by Gasteiger charge is -2.27. The van der Waals surface area contributed by atoms with Crippen molar-refractivity contribution < 1.29 is 13.2 Å². The molecule has 1 atom stereocenters. The number of alkyl halides is 3. The van der Waals surface area contributed by atoms with Crippen LogP contribution in [0.25, 0.3) is 11.2 Å². The molecule has 2 heterocycles. The summed E-state index contributed by atoms with van der Waals surface area (Å²) >= 11 is 0. The van der Waals surface area contributed by atoms with Crippen LogP contribution in [-0.2, 0) is 5.54 Å². The van der Waals surface area contributed by atoms with E-state index in [2.05, 4.69) is 9.97 Å². The fourth-order valence-corrected chi connectivity index (χ4v) is 2.10. The molecule has 2 N–H and O–H groups in total. The minimum Gasteiger partial charge on any atom is -0.312 e. The third-order valence-electron chi connectivity index (χ3n) is 3.41. The number of rotatable bonds is 2. The molecule has 1 aliphatic rings. The number of nitrogens with two attached hydrogens (primary N) is 1. The lowest BCUT2D eigenvalue weighted by molar-refractivity contribution is -0.186. The molecule has 102 valence electrons. The summed E-state index contributed by atoms with van der Waals surface area (Å²) in [6.45, 7) is 0.951. The van der Waals surface area contributed by atoms with Crippen LogP contribution in [0, 0.1) is 0 Å². The molecule has 2 aromatic heterocycles. The molecule has 1 unspecified atom stereocenters. The largest absolute Gasteiger partial charge is 0.413 e. The maximum atomic E-state index is 13.1. The number of hydrogen-bond donors (Lipinski definition) is 1. The van der Waals surface area contributed by atoms with Crippen LogP contribution >= 0.6 is 0 Å². The maximum absolute atomic E-state index is 13.1.